The van der Waals surface area contributed by atoms with Crippen molar-refractivity contribution in [3.63, 3.8) is 0 Å². The lowest BCUT2D eigenvalue weighted by molar-refractivity contribution is -0.140. The number of nitrogens with zero attached hydrogens (tertiary/aromatic N) is 2. The highest BCUT2D eigenvalue weighted by Crippen LogP contribution is 2.36. The number of benzene rings is 4. The van der Waals surface area contributed by atoms with Gasteiger partial charge in [-0.25, -0.2) is 8.42 Å². The van der Waals surface area contributed by atoms with Crippen molar-refractivity contribution in [2.45, 2.75) is 30.8 Å². The van der Waals surface area contributed by atoms with E-state index in [0.717, 1.165) is 9.87 Å². The molecule has 1 atom stereocenters. The van der Waals surface area contributed by atoms with Crippen LogP contribution in [0.5, 0.6) is 11.5 Å². The summed E-state index contributed by atoms with van der Waals surface area (Å²) in [7, 11) is -4.27. The lowest BCUT2D eigenvalue weighted by atomic mass is 10.0. The van der Waals surface area contributed by atoms with Gasteiger partial charge in [-0.2, -0.15) is 0 Å². The van der Waals surface area contributed by atoms with Crippen molar-refractivity contribution in [1.82, 2.24) is 10.2 Å². The lowest BCUT2D eigenvalue weighted by Gasteiger charge is -2.34. The molecule has 0 unspecified atom stereocenters. The molecule has 0 spiro atoms. The number of sulfonamides is 1. The van der Waals surface area contributed by atoms with Crippen molar-refractivity contribution in [2.24, 2.45) is 0 Å². The van der Waals surface area contributed by atoms with Crippen molar-refractivity contribution in [1.29, 1.82) is 0 Å². The van der Waals surface area contributed by atoms with E-state index < -0.39 is 28.5 Å². The fraction of sp³-hybridized carbons (Fsp3) is 0.235. The van der Waals surface area contributed by atoms with Crippen molar-refractivity contribution in [3.05, 3.63) is 118 Å². The Morgan fingerprint density at radius 2 is 1.54 bits per heavy atom. The van der Waals surface area contributed by atoms with Crippen LogP contribution in [-0.4, -0.2) is 57.5 Å². The number of carbonyl (C=O) groups excluding carboxylic acids is 2. The lowest BCUT2D eigenvalue weighted by Crippen LogP contribution is -2.53. The molecule has 0 saturated carbocycles. The Hall–Kier alpha value is -4.25. The summed E-state index contributed by atoms with van der Waals surface area (Å²) in [6, 6.07) is 25.7. The molecule has 46 heavy (non-hydrogen) atoms. The Labute approximate surface area is 278 Å². The molecule has 0 bridgehead atoms. The van der Waals surface area contributed by atoms with E-state index >= 15 is 0 Å². The first-order valence-corrected chi connectivity index (χ1v) is 16.9. The molecule has 5 rings (SSSR count). The predicted octanol–water partition coefficient (Wildman–Crippen LogP) is 5.74. The van der Waals surface area contributed by atoms with E-state index in [1.165, 1.54) is 23.1 Å². The van der Waals surface area contributed by atoms with E-state index in [4.69, 9.17) is 32.7 Å². The van der Waals surface area contributed by atoms with Crippen molar-refractivity contribution in [2.75, 3.05) is 30.6 Å². The van der Waals surface area contributed by atoms with Crippen LogP contribution < -0.4 is 19.1 Å². The summed E-state index contributed by atoms with van der Waals surface area (Å²) >= 11 is 12.7. The van der Waals surface area contributed by atoms with Crippen LogP contribution in [0.25, 0.3) is 0 Å². The molecule has 4 aromatic rings. The number of rotatable bonds is 12. The van der Waals surface area contributed by atoms with Gasteiger partial charge in [0.05, 0.1) is 10.6 Å². The number of halogens is 2. The zero-order valence-corrected chi connectivity index (χ0v) is 27.4. The quantitative estimate of drug-likeness (QED) is 0.205. The summed E-state index contributed by atoms with van der Waals surface area (Å²) in [5.74, 6) is -0.177. The monoisotopic (exact) mass is 681 g/mol. The average molecular weight is 683 g/mol. The van der Waals surface area contributed by atoms with Gasteiger partial charge in [-0.3, -0.25) is 13.9 Å². The Morgan fingerprint density at radius 1 is 0.870 bits per heavy atom. The molecule has 1 aliphatic rings. The highest BCUT2D eigenvalue weighted by molar-refractivity contribution is 7.92. The number of hydrogen-bond acceptors (Lipinski definition) is 6. The highest BCUT2D eigenvalue weighted by Gasteiger charge is 2.35. The second kappa shape index (κ2) is 14.9. The molecular weight excluding hydrogens is 649 g/mol. The van der Waals surface area contributed by atoms with Gasteiger partial charge in [0.2, 0.25) is 11.8 Å². The SMILES string of the molecule is CCNC(=O)[C@@H](Cc1ccccc1)N(Cc1ccc(Cl)cc1Cl)C(=O)CN(c1ccc2c(c1)OCCO2)S(=O)(=O)c1ccccc1. The van der Waals surface area contributed by atoms with Crippen molar-refractivity contribution >= 4 is 50.7 Å². The number of nitrogens with one attached hydrogen (secondary N) is 1. The van der Waals surface area contributed by atoms with E-state index in [2.05, 4.69) is 5.32 Å². The highest BCUT2D eigenvalue weighted by atomic mass is 35.5. The largest absolute Gasteiger partial charge is 0.486 e. The number of fused-ring (bicyclic) bond motifs is 1. The zero-order valence-electron chi connectivity index (χ0n) is 25.1. The molecule has 0 aromatic heterocycles. The van der Waals surface area contributed by atoms with Crippen LogP contribution in [0.3, 0.4) is 0 Å². The summed E-state index contributed by atoms with van der Waals surface area (Å²) in [5, 5.41) is 3.55. The van der Waals surface area contributed by atoms with Gasteiger partial charge < -0.3 is 19.7 Å². The normalized spacial score (nSPS) is 13.0. The maximum Gasteiger partial charge on any atom is 0.264 e. The van der Waals surface area contributed by atoms with Crippen LogP contribution in [0.15, 0.2) is 102 Å². The molecule has 0 saturated heterocycles. The van der Waals surface area contributed by atoms with E-state index in [1.807, 2.05) is 30.3 Å². The van der Waals surface area contributed by atoms with Gasteiger partial charge in [0.15, 0.2) is 11.5 Å². The molecule has 2 amide bonds. The van der Waals surface area contributed by atoms with Crippen LogP contribution in [0.4, 0.5) is 5.69 Å². The summed E-state index contributed by atoms with van der Waals surface area (Å²) in [4.78, 5) is 29.5. The van der Waals surface area contributed by atoms with Crippen LogP contribution >= 0.6 is 23.2 Å². The van der Waals surface area contributed by atoms with E-state index in [-0.39, 0.29) is 29.5 Å². The first-order chi connectivity index (χ1) is 22.2. The number of amides is 2. The van der Waals surface area contributed by atoms with Gasteiger partial charge in [-0.1, -0.05) is 77.8 Å². The van der Waals surface area contributed by atoms with Crippen LogP contribution in [0, 0.1) is 0 Å². The van der Waals surface area contributed by atoms with E-state index in [9.17, 15) is 18.0 Å². The Balaban J connectivity index is 1.59. The van der Waals surface area contributed by atoms with Gasteiger partial charge >= 0.3 is 0 Å². The van der Waals surface area contributed by atoms with Crippen molar-refractivity contribution < 1.29 is 27.5 Å². The smallest absolute Gasteiger partial charge is 0.264 e. The average Bonchev–Trinajstić information content (AvgIpc) is 3.06. The fourth-order valence-corrected chi connectivity index (χ4v) is 7.01. The van der Waals surface area contributed by atoms with Gasteiger partial charge in [0.25, 0.3) is 10.0 Å². The summed E-state index contributed by atoms with van der Waals surface area (Å²) in [5.41, 5.74) is 1.56. The Kier molecular flexibility index (Phi) is 10.7. The van der Waals surface area contributed by atoms with Gasteiger partial charge in [-0.15, -0.1) is 0 Å². The molecule has 0 fully saturated rings. The minimum Gasteiger partial charge on any atom is -0.486 e. The minimum atomic E-state index is -4.27. The first kappa shape index (κ1) is 33.1. The van der Waals surface area contributed by atoms with Gasteiger partial charge in [0.1, 0.15) is 25.8 Å². The van der Waals surface area contributed by atoms with E-state index in [1.54, 1.807) is 55.5 Å². The molecule has 1 N–H and O–H groups in total. The molecule has 12 heteroatoms. The van der Waals surface area contributed by atoms with E-state index in [0.29, 0.717) is 46.9 Å². The maximum absolute atomic E-state index is 14.5. The molecule has 9 nitrogen and oxygen atoms in total. The fourth-order valence-electron chi connectivity index (χ4n) is 5.12. The number of hydrogen-bond donors (Lipinski definition) is 1. The molecule has 240 valence electrons. The molecule has 0 aliphatic carbocycles. The van der Waals surface area contributed by atoms with Crippen LogP contribution in [-0.2, 0) is 32.6 Å². The standard InChI is InChI=1S/C34H33Cl2N3O6S/c1-2-37-34(41)30(19-24-9-5-3-6-10-24)38(22-25-13-14-26(35)20-29(25)36)33(40)23-39(46(42,43)28-11-7-4-8-12-28)27-15-16-31-32(21-27)45-18-17-44-31/h3-16,20-21,30H,2,17-19,22-23H2,1H3,(H,37,41)/t30-/m1/s1. The summed E-state index contributed by atoms with van der Waals surface area (Å²) in [6.45, 7) is 2.08. The van der Waals surface area contributed by atoms with Crippen molar-refractivity contribution in [3.8, 4) is 11.5 Å². The summed E-state index contributed by atoms with van der Waals surface area (Å²) in [6.07, 6.45) is 0.180. The topological polar surface area (TPSA) is 105 Å². The zero-order chi connectivity index (χ0) is 32.7. The van der Waals surface area contributed by atoms with Crippen LogP contribution in [0.1, 0.15) is 18.1 Å². The van der Waals surface area contributed by atoms with Gasteiger partial charge in [-0.05, 0) is 54.4 Å². The minimum absolute atomic E-state index is 0.00505. The third-order valence-corrected chi connectivity index (χ3v) is 9.78. The first-order valence-electron chi connectivity index (χ1n) is 14.7. The molecule has 0 radical (unpaired) electrons. The maximum atomic E-state index is 14.5. The number of ether oxygens (including phenoxy) is 2. The second-order valence-electron chi connectivity index (χ2n) is 10.5. The molecule has 1 aliphatic heterocycles. The predicted molar refractivity (Wildman–Crippen MR) is 178 cm³/mol. The molecular formula is C34H33Cl2N3O6S. The Bertz CT molecular complexity index is 1790. The Morgan fingerprint density at radius 3 is 2.22 bits per heavy atom. The second-order valence-corrected chi connectivity index (χ2v) is 13.2. The third-order valence-electron chi connectivity index (χ3n) is 7.40. The summed E-state index contributed by atoms with van der Waals surface area (Å²) < 4.78 is 40.7. The third kappa shape index (κ3) is 7.75. The number of carbonyl (C=O) groups is 2. The van der Waals surface area contributed by atoms with Gasteiger partial charge in [0, 0.05) is 35.6 Å². The van der Waals surface area contributed by atoms with Crippen LogP contribution in [0.2, 0.25) is 10.0 Å². The molecule has 1 heterocycles. The molecule has 4 aromatic carbocycles. The number of anilines is 1. The number of likely N-dealkylation sites (N-methyl/N-ethyl adjacent to an activating group) is 1.